The number of esters is 1. The molecule has 0 spiro atoms. The van der Waals surface area contributed by atoms with Gasteiger partial charge in [0.15, 0.2) is 6.61 Å². The molecule has 2 aromatic rings. The Kier molecular flexibility index (Phi) is 6.25. The van der Waals surface area contributed by atoms with E-state index in [1.165, 1.54) is 20.3 Å². The Hall–Kier alpha value is -2.73. The molecule has 6 nitrogen and oxygen atoms in total. The van der Waals surface area contributed by atoms with Gasteiger partial charge in [-0.2, -0.15) is 0 Å². The van der Waals surface area contributed by atoms with Crippen molar-refractivity contribution in [2.24, 2.45) is 0 Å². The molecule has 0 unspecified atom stereocenters. The maximum absolute atomic E-state index is 12.2. The lowest BCUT2D eigenvalue weighted by atomic mass is 10.2. The molecule has 0 aliphatic rings. The van der Waals surface area contributed by atoms with E-state index >= 15 is 0 Å². The first kappa shape index (κ1) is 18.6. The quantitative estimate of drug-likeness (QED) is 0.795. The van der Waals surface area contributed by atoms with Crippen molar-refractivity contribution in [3.05, 3.63) is 52.5 Å². The molecule has 2 rings (SSSR count). The van der Waals surface area contributed by atoms with Gasteiger partial charge in [0.05, 0.1) is 14.2 Å². The monoisotopic (exact) mass is 363 g/mol. The minimum absolute atomic E-state index is 0.174. The van der Waals surface area contributed by atoms with Crippen LogP contribution in [0.2, 0.25) is 5.02 Å². The number of ether oxygens (including phenoxy) is 3. The summed E-state index contributed by atoms with van der Waals surface area (Å²) in [5.74, 6) is -0.356. The first-order chi connectivity index (χ1) is 11.9. The number of hydrogen-bond acceptors (Lipinski definition) is 5. The highest BCUT2D eigenvalue weighted by molar-refractivity contribution is 6.31. The summed E-state index contributed by atoms with van der Waals surface area (Å²) in [7, 11) is 2.92. The van der Waals surface area contributed by atoms with Crippen LogP contribution >= 0.6 is 11.6 Å². The van der Waals surface area contributed by atoms with Crippen LogP contribution < -0.4 is 14.8 Å². The Morgan fingerprint density at radius 1 is 1.08 bits per heavy atom. The molecule has 1 N–H and O–H groups in total. The summed E-state index contributed by atoms with van der Waals surface area (Å²) in [6.07, 6.45) is 0. The first-order valence-electron chi connectivity index (χ1n) is 7.39. The van der Waals surface area contributed by atoms with Crippen molar-refractivity contribution in [3.8, 4) is 11.5 Å². The predicted molar refractivity (Wildman–Crippen MR) is 94.6 cm³/mol. The minimum Gasteiger partial charge on any atom is -0.497 e. The van der Waals surface area contributed by atoms with Gasteiger partial charge >= 0.3 is 5.97 Å². The van der Waals surface area contributed by atoms with Gasteiger partial charge in [-0.15, -0.1) is 0 Å². The fourth-order valence-electron chi connectivity index (χ4n) is 2.05. The summed E-state index contributed by atoms with van der Waals surface area (Å²) in [4.78, 5) is 24.1. The van der Waals surface area contributed by atoms with E-state index in [-0.39, 0.29) is 5.56 Å². The molecular weight excluding hydrogens is 346 g/mol. The molecule has 0 fully saturated rings. The number of rotatable bonds is 6. The number of hydrogen-bond donors (Lipinski definition) is 1. The van der Waals surface area contributed by atoms with Crippen molar-refractivity contribution < 1.29 is 23.8 Å². The first-order valence-corrected chi connectivity index (χ1v) is 7.77. The molecule has 25 heavy (non-hydrogen) atoms. The van der Waals surface area contributed by atoms with Gasteiger partial charge < -0.3 is 19.5 Å². The topological polar surface area (TPSA) is 73.9 Å². The Bertz CT molecular complexity index is 791. The van der Waals surface area contributed by atoms with Crippen molar-refractivity contribution >= 4 is 29.2 Å². The summed E-state index contributed by atoms with van der Waals surface area (Å²) in [6, 6.07) is 9.85. The minimum atomic E-state index is -0.687. The third-order valence-electron chi connectivity index (χ3n) is 3.42. The second-order valence-electron chi connectivity index (χ2n) is 5.15. The van der Waals surface area contributed by atoms with Crippen LogP contribution in [0.3, 0.4) is 0 Å². The Labute approximate surface area is 150 Å². The molecular formula is C18H18ClNO5. The van der Waals surface area contributed by atoms with Gasteiger partial charge in [-0.25, -0.2) is 4.79 Å². The van der Waals surface area contributed by atoms with Gasteiger partial charge in [0.2, 0.25) is 0 Å². The van der Waals surface area contributed by atoms with Gasteiger partial charge in [-0.1, -0.05) is 17.7 Å². The number of methoxy groups -OCH3 is 2. The number of carbonyl (C=O) groups is 2. The van der Waals surface area contributed by atoms with E-state index in [4.69, 9.17) is 25.8 Å². The fourth-order valence-corrected chi connectivity index (χ4v) is 2.23. The lowest BCUT2D eigenvalue weighted by Crippen LogP contribution is -2.21. The number of amides is 1. The third-order valence-corrected chi connectivity index (χ3v) is 3.82. The second kappa shape index (κ2) is 8.39. The van der Waals surface area contributed by atoms with Crippen LogP contribution in [0.1, 0.15) is 15.9 Å². The van der Waals surface area contributed by atoms with Crippen LogP contribution in [0.4, 0.5) is 5.69 Å². The van der Waals surface area contributed by atoms with E-state index in [1.807, 2.05) is 6.92 Å². The van der Waals surface area contributed by atoms with E-state index in [0.29, 0.717) is 22.2 Å². The largest absolute Gasteiger partial charge is 0.497 e. The predicted octanol–water partition coefficient (Wildman–Crippen LogP) is 3.46. The van der Waals surface area contributed by atoms with Gasteiger partial charge in [0.25, 0.3) is 5.91 Å². The summed E-state index contributed by atoms with van der Waals surface area (Å²) in [5.41, 5.74) is 1.60. The average Bonchev–Trinajstić information content (AvgIpc) is 2.62. The molecule has 0 radical (unpaired) electrons. The highest BCUT2D eigenvalue weighted by Crippen LogP contribution is 2.24. The average molecular weight is 364 g/mol. The Morgan fingerprint density at radius 2 is 1.84 bits per heavy atom. The van der Waals surface area contributed by atoms with Crippen molar-refractivity contribution in [1.82, 2.24) is 0 Å². The summed E-state index contributed by atoms with van der Waals surface area (Å²) < 4.78 is 15.2. The molecule has 132 valence electrons. The van der Waals surface area contributed by atoms with E-state index in [0.717, 1.165) is 5.56 Å². The molecule has 2 aromatic carbocycles. The molecule has 0 bridgehead atoms. The number of halogens is 1. The zero-order valence-electron chi connectivity index (χ0n) is 14.1. The molecule has 0 atom stereocenters. The maximum atomic E-state index is 12.2. The smallest absolute Gasteiger partial charge is 0.342 e. The Morgan fingerprint density at radius 3 is 2.48 bits per heavy atom. The lowest BCUT2D eigenvalue weighted by molar-refractivity contribution is -0.119. The summed E-state index contributed by atoms with van der Waals surface area (Å²) >= 11 is 6.00. The van der Waals surface area contributed by atoms with Crippen LogP contribution in [-0.2, 0) is 9.53 Å². The van der Waals surface area contributed by atoms with Gasteiger partial charge in [-0.3, -0.25) is 4.79 Å². The molecule has 0 aliphatic carbocycles. The van der Waals surface area contributed by atoms with Crippen molar-refractivity contribution in [1.29, 1.82) is 0 Å². The van der Waals surface area contributed by atoms with E-state index in [1.54, 1.807) is 30.3 Å². The SMILES string of the molecule is COc1ccc(OC)c(C(=O)OCC(=O)Nc2ccc(C)c(Cl)c2)c1. The highest BCUT2D eigenvalue weighted by Gasteiger charge is 2.16. The zero-order valence-corrected chi connectivity index (χ0v) is 14.8. The fraction of sp³-hybridized carbons (Fsp3) is 0.222. The van der Waals surface area contributed by atoms with Crippen LogP contribution in [-0.4, -0.2) is 32.7 Å². The number of carbonyl (C=O) groups excluding carboxylic acids is 2. The number of nitrogens with one attached hydrogen (secondary N) is 1. The Balaban J connectivity index is 1.99. The molecule has 0 aliphatic heterocycles. The van der Waals surface area contributed by atoms with Gasteiger partial charge in [0.1, 0.15) is 17.1 Å². The highest BCUT2D eigenvalue weighted by atomic mass is 35.5. The molecule has 0 heterocycles. The van der Waals surface area contributed by atoms with Crippen molar-refractivity contribution in [3.63, 3.8) is 0 Å². The molecule has 0 saturated heterocycles. The van der Waals surface area contributed by atoms with Gasteiger partial charge in [-0.05, 0) is 42.8 Å². The van der Waals surface area contributed by atoms with E-state index in [9.17, 15) is 9.59 Å². The van der Waals surface area contributed by atoms with Crippen LogP contribution in [0.15, 0.2) is 36.4 Å². The van der Waals surface area contributed by atoms with Crippen molar-refractivity contribution in [2.45, 2.75) is 6.92 Å². The van der Waals surface area contributed by atoms with Crippen LogP contribution in [0.25, 0.3) is 0 Å². The van der Waals surface area contributed by atoms with E-state index < -0.39 is 18.5 Å². The number of aryl methyl sites for hydroxylation is 1. The number of benzene rings is 2. The maximum Gasteiger partial charge on any atom is 0.342 e. The van der Waals surface area contributed by atoms with E-state index in [2.05, 4.69) is 5.32 Å². The molecule has 0 saturated carbocycles. The summed E-state index contributed by atoms with van der Waals surface area (Å²) in [5, 5.41) is 3.15. The third kappa shape index (κ3) is 4.87. The van der Waals surface area contributed by atoms with Crippen LogP contribution in [0, 0.1) is 6.92 Å². The van der Waals surface area contributed by atoms with Crippen molar-refractivity contribution in [2.75, 3.05) is 26.1 Å². The standard InChI is InChI=1S/C18H18ClNO5/c1-11-4-5-12(8-15(11)19)20-17(21)10-25-18(22)14-9-13(23-2)6-7-16(14)24-3/h4-9H,10H2,1-3H3,(H,20,21). The molecule has 1 amide bonds. The van der Waals surface area contributed by atoms with Crippen LogP contribution in [0.5, 0.6) is 11.5 Å². The molecule has 7 heteroatoms. The second-order valence-corrected chi connectivity index (χ2v) is 5.56. The lowest BCUT2D eigenvalue weighted by Gasteiger charge is -2.11. The normalized spacial score (nSPS) is 10.1. The summed E-state index contributed by atoms with van der Waals surface area (Å²) in [6.45, 7) is 1.42. The van der Waals surface area contributed by atoms with Gasteiger partial charge in [0, 0.05) is 10.7 Å². The zero-order chi connectivity index (χ0) is 18.4. The number of anilines is 1. The molecule has 0 aromatic heterocycles.